The summed E-state index contributed by atoms with van der Waals surface area (Å²) in [6.07, 6.45) is 2.60. The summed E-state index contributed by atoms with van der Waals surface area (Å²) in [5.41, 5.74) is 1.82. The molecule has 28 heavy (non-hydrogen) atoms. The van der Waals surface area contributed by atoms with Gasteiger partial charge in [-0.1, -0.05) is 29.8 Å². The summed E-state index contributed by atoms with van der Waals surface area (Å²) in [7, 11) is 0. The molecule has 2 atom stereocenters. The molecule has 146 valence electrons. The third-order valence-corrected chi connectivity index (χ3v) is 6.82. The van der Waals surface area contributed by atoms with Gasteiger partial charge in [0.05, 0.1) is 12.0 Å². The SMILES string of the molecule is O=C(N[C@H]1CCSc2ccccc21)[C@H]1CCCN(C(=O)c2ccc(Cl)cc2)C1. The largest absolute Gasteiger partial charge is 0.349 e. The van der Waals surface area contributed by atoms with Crippen molar-refractivity contribution in [2.45, 2.75) is 30.2 Å². The lowest BCUT2D eigenvalue weighted by atomic mass is 9.95. The predicted octanol–water partition coefficient (Wildman–Crippen LogP) is 4.55. The fourth-order valence-electron chi connectivity index (χ4n) is 3.93. The molecule has 0 bridgehead atoms. The van der Waals surface area contributed by atoms with Crippen LogP contribution in [0.25, 0.3) is 0 Å². The molecule has 2 aromatic rings. The normalized spacial score (nSPS) is 21.7. The van der Waals surface area contributed by atoms with Crippen molar-refractivity contribution in [2.75, 3.05) is 18.8 Å². The minimum atomic E-state index is -0.160. The van der Waals surface area contributed by atoms with Crippen molar-refractivity contribution < 1.29 is 9.59 Å². The summed E-state index contributed by atoms with van der Waals surface area (Å²) in [6, 6.07) is 15.3. The van der Waals surface area contributed by atoms with Crippen LogP contribution in [0.3, 0.4) is 0 Å². The molecule has 0 aliphatic carbocycles. The lowest BCUT2D eigenvalue weighted by molar-refractivity contribution is -0.127. The average Bonchev–Trinajstić information content (AvgIpc) is 2.74. The number of likely N-dealkylation sites (tertiary alicyclic amines) is 1. The molecule has 2 aliphatic rings. The quantitative estimate of drug-likeness (QED) is 0.801. The third kappa shape index (κ3) is 4.20. The molecule has 4 rings (SSSR count). The molecule has 1 fully saturated rings. The van der Waals surface area contributed by atoms with Gasteiger partial charge in [-0.2, -0.15) is 0 Å². The first-order valence-electron chi connectivity index (χ1n) is 9.69. The van der Waals surface area contributed by atoms with Crippen molar-refractivity contribution in [1.82, 2.24) is 10.2 Å². The van der Waals surface area contributed by atoms with Crippen molar-refractivity contribution >= 4 is 35.2 Å². The van der Waals surface area contributed by atoms with Crippen molar-refractivity contribution in [1.29, 1.82) is 0 Å². The van der Waals surface area contributed by atoms with E-state index in [9.17, 15) is 9.59 Å². The van der Waals surface area contributed by atoms with E-state index in [1.54, 1.807) is 29.2 Å². The Labute approximate surface area is 174 Å². The number of piperidine rings is 1. The molecule has 2 heterocycles. The van der Waals surface area contributed by atoms with E-state index in [2.05, 4.69) is 17.4 Å². The highest BCUT2D eigenvalue weighted by molar-refractivity contribution is 7.99. The molecule has 2 aliphatic heterocycles. The molecule has 0 aromatic heterocycles. The van der Waals surface area contributed by atoms with Gasteiger partial charge >= 0.3 is 0 Å². The van der Waals surface area contributed by atoms with Gasteiger partial charge in [-0.15, -0.1) is 11.8 Å². The Morgan fingerprint density at radius 2 is 1.86 bits per heavy atom. The highest BCUT2D eigenvalue weighted by atomic mass is 35.5. The maximum atomic E-state index is 13.0. The van der Waals surface area contributed by atoms with Crippen LogP contribution < -0.4 is 5.32 Å². The van der Waals surface area contributed by atoms with Crippen molar-refractivity contribution in [3.05, 3.63) is 64.7 Å². The zero-order valence-electron chi connectivity index (χ0n) is 15.6. The number of amides is 2. The minimum Gasteiger partial charge on any atom is -0.349 e. The van der Waals surface area contributed by atoms with E-state index in [0.717, 1.165) is 25.0 Å². The molecule has 6 heteroatoms. The van der Waals surface area contributed by atoms with Crippen LogP contribution >= 0.6 is 23.4 Å². The lowest BCUT2D eigenvalue weighted by Gasteiger charge is -2.34. The molecule has 2 amide bonds. The van der Waals surface area contributed by atoms with E-state index in [1.165, 1.54) is 10.5 Å². The molecule has 0 radical (unpaired) electrons. The Bertz CT molecular complexity index is 871. The van der Waals surface area contributed by atoms with Crippen LogP contribution in [-0.2, 0) is 4.79 Å². The van der Waals surface area contributed by atoms with Gasteiger partial charge < -0.3 is 10.2 Å². The Kier molecular flexibility index (Phi) is 5.93. The van der Waals surface area contributed by atoms with Crippen LogP contribution in [0, 0.1) is 5.92 Å². The predicted molar refractivity (Wildman–Crippen MR) is 113 cm³/mol. The van der Waals surface area contributed by atoms with Crippen LogP contribution in [-0.4, -0.2) is 35.6 Å². The Balaban J connectivity index is 1.41. The average molecular weight is 415 g/mol. The van der Waals surface area contributed by atoms with Gasteiger partial charge in [0.1, 0.15) is 0 Å². The monoisotopic (exact) mass is 414 g/mol. The molecule has 2 aromatic carbocycles. The smallest absolute Gasteiger partial charge is 0.253 e. The van der Waals surface area contributed by atoms with E-state index in [-0.39, 0.29) is 23.8 Å². The Morgan fingerprint density at radius 3 is 2.68 bits per heavy atom. The molecule has 1 N–H and O–H groups in total. The number of nitrogens with one attached hydrogen (secondary N) is 1. The number of carbonyl (C=O) groups excluding carboxylic acids is 2. The van der Waals surface area contributed by atoms with E-state index in [4.69, 9.17) is 11.6 Å². The highest BCUT2D eigenvalue weighted by Crippen LogP contribution is 2.36. The maximum Gasteiger partial charge on any atom is 0.253 e. The number of thioether (sulfide) groups is 1. The molecule has 0 unspecified atom stereocenters. The van der Waals surface area contributed by atoms with Crippen molar-refractivity contribution in [2.24, 2.45) is 5.92 Å². The fraction of sp³-hybridized carbons (Fsp3) is 0.364. The molecule has 4 nitrogen and oxygen atoms in total. The first-order chi connectivity index (χ1) is 13.6. The molecular weight excluding hydrogens is 392 g/mol. The fourth-order valence-corrected chi connectivity index (χ4v) is 5.18. The van der Waals surface area contributed by atoms with Gasteiger partial charge in [0.2, 0.25) is 5.91 Å². The second-order valence-electron chi connectivity index (χ2n) is 7.33. The molecule has 0 saturated carbocycles. The zero-order valence-corrected chi connectivity index (χ0v) is 17.1. The van der Waals surface area contributed by atoms with Crippen molar-refractivity contribution in [3.63, 3.8) is 0 Å². The van der Waals surface area contributed by atoms with Gasteiger partial charge in [0.15, 0.2) is 0 Å². The lowest BCUT2D eigenvalue weighted by Crippen LogP contribution is -2.46. The summed E-state index contributed by atoms with van der Waals surface area (Å²) >= 11 is 7.76. The van der Waals surface area contributed by atoms with E-state index in [1.807, 2.05) is 23.9 Å². The number of hydrogen-bond donors (Lipinski definition) is 1. The number of hydrogen-bond acceptors (Lipinski definition) is 3. The first kappa shape index (κ1) is 19.3. The highest BCUT2D eigenvalue weighted by Gasteiger charge is 2.31. The summed E-state index contributed by atoms with van der Waals surface area (Å²) in [6.45, 7) is 1.16. The van der Waals surface area contributed by atoms with Gasteiger partial charge in [-0.05, 0) is 55.2 Å². The summed E-state index contributed by atoms with van der Waals surface area (Å²) < 4.78 is 0. The molecular formula is C22H23ClN2O2S. The number of fused-ring (bicyclic) bond motifs is 1. The maximum absolute atomic E-state index is 13.0. The van der Waals surface area contributed by atoms with Gasteiger partial charge in [-0.25, -0.2) is 0 Å². The van der Waals surface area contributed by atoms with E-state index < -0.39 is 0 Å². The van der Waals surface area contributed by atoms with Crippen molar-refractivity contribution in [3.8, 4) is 0 Å². The van der Waals surface area contributed by atoms with Gasteiger partial charge in [0.25, 0.3) is 5.91 Å². The van der Waals surface area contributed by atoms with E-state index >= 15 is 0 Å². The first-order valence-corrected chi connectivity index (χ1v) is 11.0. The Hall–Kier alpha value is -1.98. The summed E-state index contributed by atoms with van der Waals surface area (Å²) in [4.78, 5) is 28.8. The van der Waals surface area contributed by atoms with Crippen LogP contribution in [0.4, 0.5) is 0 Å². The standard InChI is InChI=1S/C22H23ClN2O2S/c23-17-9-7-15(8-10-17)22(27)25-12-3-4-16(14-25)21(26)24-19-11-13-28-20-6-2-1-5-18(19)20/h1-2,5-10,16,19H,3-4,11-14H2,(H,24,26)/t16-,19-/m0/s1. The zero-order chi connectivity index (χ0) is 19.5. The number of benzene rings is 2. The molecule has 0 spiro atoms. The second-order valence-corrected chi connectivity index (χ2v) is 8.91. The minimum absolute atomic E-state index is 0.0337. The van der Waals surface area contributed by atoms with Crippen LogP contribution in [0.15, 0.2) is 53.4 Å². The topological polar surface area (TPSA) is 49.4 Å². The number of carbonyl (C=O) groups is 2. The summed E-state index contributed by atoms with van der Waals surface area (Å²) in [5.74, 6) is 0.869. The number of rotatable bonds is 3. The van der Waals surface area contributed by atoms with E-state index in [0.29, 0.717) is 23.7 Å². The van der Waals surface area contributed by atoms with Crippen LogP contribution in [0.1, 0.15) is 41.2 Å². The number of halogens is 1. The number of nitrogens with zero attached hydrogens (tertiary/aromatic N) is 1. The van der Waals surface area contributed by atoms with Gasteiger partial charge in [-0.3, -0.25) is 9.59 Å². The van der Waals surface area contributed by atoms with Gasteiger partial charge in [0, 0.05) is 34.3 Å². The third-order valence-electron chi connectivity index (χ3n) is 5.45. The molecule has 1 saturated heterocycles. The second kappa shape index (κ2) is 8.58. The summed E-state index contributed by atoms with van der Waals surface area (Å²) in [5, 5.41) is 3.85. The van der Waals surface area contributed by atoms with Crippen LogP contribution in [0.2, 0.25) is 5.02 Å². The van der Waals surface area contributed by atoms with Crippen LogP contribution in [0.5, 0.6) is 0 Å². The Morgan fingerprint density at radius 1 is 1.07 bits per heavy atom.